The summed E-state index contributed by atoms with van der Waals surface area (Å²) in [5.41, 5.74) is 1.79. The van der Waals surface area contributed by atoms with Crippen molar-refractivity contribution < 1.29 is 29.0 Å². The first-order chi connectivity index (χ1) is 12.9. The number of benzene rings is 2. The highest BCUT2D eigenvalue weighted by molar-refractivity contribution is 5.85. The summed E-state index contributed by atoms with van der Waals surface area (Å²) < 4.78 is 15.1. The van der Waals surface area contributed by atoms with Crippen LogP contribution in [0.5, 0.6) is 23.0 Å². The average Bonchev–Trinajstić information content (AvgIpc) is 2.67. The van der Waals surface area contributed by atoms with Crippen LogP contribution in [-0.4, -0.2) is 37.9 Å². The molecule has 1 amide bonds. The van der Waals surface area contributed by atoms with Gasteiger partial charge in [0, 0.05) is 17.4 Å². The highest BCUT2D eigenvalue weighted by Gasteiger charge is 2.12. The number of rotatable bonds is 8. The molecule has 10 heteroatoms. The van der Waals surface area contributed by atoms with Crippen molar-refractivity contribution in [2.45, 2.75) is 0 Å². The van der Waals surface area contributed by atoms with Gasteiger partial charge >= 0.3 is 0 Å². The van der Waals surface area contributed by atoms with Crippen molar-refractivity contribution in [3.8, 4) is 23.0 Å². The van der Waals surface area contributed by atoms with E-state index in [0.717, 1.165) is 12.3 Å². The molecule has 0 saturated carbocycles. The molecule has 0 unspecified atom stereocenters. The number of methoxy groups -OCH3 is 2. The summed E-state index contributed by atoms with van der Waals surface area (Å²) >= 11 is 0. The Morgan fingerprint density at radius 3 is 2.44 bits per heavy atom. The summed E-state index contributed by atoms with van der Waals surface area (Å²) in [6.07, 6.45) is 1.15. The highest BCUT2D eigenvalue weighted by Crippen LogP contribution is 2.33. The zero-order valence-electron chi connectivity index (χ0n) is 14.5. The number of amides is 1. The van der Waals surface area contributed by atoms with Crippen molar-refractivity contribution in [1.82, 2.24) is 5.43 Å². The molecule has 27 heavy (non-hydrogen) atoms. The molecule has 0 aliphatic carbocycles. The predicted octanol–water partition coefficient (Wildman–Crippen LogP) is 1.21. The lowest BCUT2D eigenvalue weighted by atomic mass is 10.2. The first kappa shape index (κ1) is 19.5. The lowest BCUT2D eigenvalue weighted by Crippen LogP contribution is -2.24. The van der Waals surface area contributed by atoms with Crippen LogP contribution in [0.1, 0.15) is 5.56 Å². The van der Waals surface area contributed by atoms with Crippen molar-refractivity contribution in [2.75, 3.05) is 20.8 Å². The van der Waals surface area contributed by atoms with Gasteiger partial charge in [-0.1, -0.05) is 0 Å². The molecule has 0 heterocycles. The highest BCUT2D eigenvalue weighted by atomic mass is 16.6. The van der Waals surface area contributed by atoms with Crippen LogP contribution in [0, 0.1) is 10.1 Å². The van der Waals surface area contributed by atoms with Crippen molar-refractivity contribution in [1.29, 1.82) is 0 Å². The van der Waals surface area contributed by atoms with Gasteiger partial charge in [-0.2, -0.15) is 5.10 Å². The van der Waals surface area contributed by atoms with E-state index in [1.165, 1.54) is 20.3 Å². The summed E-state index contributed by atoms with van der Waals surface area (Å²) in [6, 6.07) is 8.97. The van der Waals surface area contributed by atoms with E-state index in [1.54, 1.807) is 24.3 Å². The van der Waals surface area contributed by atoms with Gasteiger partial charge in [-0.25, -0.2) is 5.43 Å². The Hall–Kier alpha value is -3.82. The predicted molar refractivity (Wildman–Crippen MR) is 93.3 cm³/mol. The van der Waals surface area contributed by atoms with Crippen LogP contribution in [0.2, 0.25) is 0 Å². The van der Waals surface area contributed by atoms with Gasteiger partial charge in [-0.3, -0.25) is 14.9 Å². The molecule has 0 radical (unpaired) electrons. The fraction of sp³-hybridized carbons (Fsp3) is 0.176. The van der Waals surface area contributed by atoms with Crippen LogP contribution in [0.15, 0.2) is 41.5 Å². The standard InChI is InChI=1S/C17H17N3O7/c1-25-12-3-5-13(6-4-12)27-10-16(21)19-18-9-11-7-14(20(23)24)17(22)15(8-11)26-2/h3-9,22H,10H2,1-2H3,(H,19,21)/p-1/b18-9-. The summed E-state index contributed by atoms with van der Waals surface area (Å²) in [5.74, 6) is -0.438. The molecule has 10 nitrogen and oxygen atoms in total. The SMILES string of the molecule is COc1ccc(OCC(=O)N/N=C\c2cc(OC)c([O-])c([N+](=O)[O-])c2)cc1. The second-order valence-corrected chi connectivity index (χ2v) is 5.09. The number of ether oxygens (including phenoxy) is 3. The smallest absolute Gasteiger partial charge is 0.277 e. The lowest BCUT2D eigenvalue weighted by molar-refractivity contribution is -0.398. The van der Waals surface area contributed by atoms with Crippen LogP contribution in [0.4, 0.5) is 5.69 Å². The molecule has 0 atom stereocenters. The van der Waals surface area contributed by atoms with E-state index in [2.05, 4.69) is 10.5 Å². The third-order valence-electron chi connectivity index (χ3n) is 3.31. The van der Waals surface area contributed by atoms with Crippen LogP contribution < -0.4 is 24.7 Å². The number of hydrogen-bond donors (Lipinski definition) is 1. The molecular weight excluding hydrogens is 358 g/mol. The summed E-state index contributed by atoms with van der Waals surface area (Å²) in [4.78, 5) is 21.8. The van der Waals surface area contributed by atoms with E-state index in [1.807, 2.05) is 0 Å². The fourth-order valence-corrected chi connectivity index (χ4v) is 2.00. The average molecular weight is 374 g/mol. The van der Waals surface area contributed by atoms with E-state index in [0.29, 0.717) is 11.5 Å². The number of carbonyl (C=O) groups is 1. The Kier molecular flexibility index (Phi) is 6.53. The first-order valence-corrected chi connectivity index (χ1v) is 7.56. The van der Waals surface area contributed by atoms with Crippen LogP contribution in [0.25, 0.3) is 0 Å². The number of hydrogen-bond acceptors (Lipinski definition) is 8. The minimum absolute atomic E-state index is 0.195. The third kappa shape index (κ3) is 5.33. The molecule has 2 aromatic carbocycles. The minimum atomic E-state index is -0.837. The summed E-state index contributed by atoms with van der Waals surface area (Å²) in [7, 11) is 2.76. The van der Waals surface area contributed by atoms with Gasteiger partial charge < -0.3 is 19.3 Å². The van der Waals surface area contributed by atoms with E-state index in [-0.39, 0.29) is 17.9 Å². The molecule has 0 fully saturated rings. The Morgan fingerprint density at radius 2 is 1.85 bits per heavy atom. The summed E-state index contributed by atoms with van der Waals surface area (Å²) in [5, 5.41) is 26.3. The molecule has 2 aromatic rings. The Balaban J connectivity index is 1.94. The number of nitro groups is 1. The van der Waals surface area contributed by atoms with Crippen molar-refractivity contribution in [3.63, 3.8) is 0 Å². The minimum Gasteiger partial charge on any atom is -0.865 e. The molecule has 2 rings (SSSR count). The number of nitrogens with one attached hydrogen (secondary N) is 1. The number of nitrogens with zero attached hydrogens (tertiary/aromatic N) is 2. The largest absolute Gasteiger partial charge is 0.865 e. The molecule has 0 saturated heterocycles. The van der Waals surface area contributed by atoms with Gasteiger partial charge in [0.15, 0.2) is 6.61 Å². The molecular formula is C17H16N3O7-. The van der Waals surface area contributed by atoms with Crippen LogP contribution >= 0.6 is 0 Å². The second-order valence-electron chi connectivity index (χ2n) is 5.09. The normalized spacial score (nSPS) is 10.4. The van der Waals surface area contributed by atoms with Crippen LogP contribution in [-0.2, 0) is 4.79 Å². The molecule has 1 N–H and O–H groups in total. The van der Waals surface area contributed by atoms with Gasteiger partial charge in [-0.15, -0.1) is 0 Å². The summed E-state index contributed by atoms with van der Waals surface area (Å²) in [6.45, 7) is -0.285. The van der Waals surface area contributed by atoms with Gasteiger partial charge in [0.25, 0.3) is 11.6 Å². The third-order valence-corrected chi connectivity index (χ3v) is 3.31. The van der Waals surface area contributed by atoms with Crippen LogP contribution in [0.3, 0.4) is 0 Å². The molecule has 0 spiro atoms. The molecule has 0 aliphatic rings. The van der Waals surface area contributed by atoms with E-state index in [9.17, 15) is 20.0 Å². The topological polar surface area (TPSA) is 135 Å². The van der Waals surface area contributed by atoms with Crippen molar-refractivity contribution >= 4 is 17.8 Å². The molecule has 0 aromatic heterocycles. The Morgan fingerprint density at radius 1 is 1.19 bits per heavy atom. The maximum Gasteiger partial charge on any atom is 0.277 e. The second kappa shape index (κ2) is 9.04. The Bertz CT molecular complexity index is 850. The Labute approximate surface area is 154 Å². The maximum atomic E-state index is 11.7. The fourth-order valence-electron chi connectivity index (χ4n) is 2.00. The van der Waals surface area contributed by atoms with Gasteiger partial charge in [0.1, 0.15) is 17.2 Å². The number of hydrazone groups is 1. The van der Waals surface area contributed by atoms with Crippen molar-refractivity contribution in [3.05, 3.63) is 52.1 Å². The van der Waals surface area contributed by atoms with Crippen molar-refractivity contribution in [2.24, 2.45) is 5.10 Å². The van der Waals surface area contributed by atoms with E-state index < -0.39 is 22.3 Å². The number of carbonyl (C=O) groups excluding carboxylic acids is 1. The zero-order valence-corrected chi connectivity index (χ0v) is 14.5. The molecule has 0 aliphatic heterocycles. The lowest BCUT2D eigenvalue weighted by Gasteiger charge is -2.12. The maximum absolute atomic E-state index is 11.7. The number of nitro benzene ring substituents is 1. The van der Waals surface area contributed by atoms with Gasteiger partial charge in [-0.05, 0) is 30.3 Å². The van der Waals surface area contributed by atoms with Gasteiger partial charge in [0.05, 0.1) is 25.4 Å². The first-order valence-electron chi connectivity index (χ1n) is 7.56. The van der Waals surface area contributed by atoms with E-state index in [4.69, 9.17) is 14.2 Å². The quantitative estimate of drug-likeness (QED) is 0.417. The zero-order chi connectivity index (χ0) is 19.8. The van der Waals surface area contributed by atoms with Gasteiger partial charge in [0.2, 0.25) is 0 Å². The monoisotopic (exact) mass is 374 g/mol. The molecule has 0 bridgehead atoms. The molecule has 142 valence electrons. The van der Waals surface area contributed by atoms with E-state index >= 15 is 0 Å².